The van der Waals surface area contributed by atoms with Gasteiger partial charge in [0.2, 0.25) is 5.91 Å². The van der Waals surface area contributed by atoms with Crippen LogP contribution in [0, 0.1) is 11.8 Å². The first-order valence-corrected chi connectivity index (χ1v) is 11.2. The van der Waals surface area contributed by atoms with Gasteiger partial charge in [-0.25, -0.2) is 9.78 Å². The second-order valence-corrected chi connectivity index (χ2v) is 10.1. The summed E-state index contributed by atoms with van der Waals surface area (Å²) in [5.41, 5.74) is -0.534. The summed E-state index contributed by atoms with van der Waals surface area (Å²) in [6.07, 6.45) is 8.32. The Bertz CT molecular complexity index is 766. The molecule has 0 unspecified atom stereocenters. The standard InChI is InChI=1S/C22H35N5O3/c1-22(2,3)30-21(29)27-12-11-26(17(13-27)20-23-9-10-25(20)4)14-18(28)24-19(15-5-6-15)16-7-8-16/h9-10,15-17,19H,5-8,11-14H2,1-4H3,(H,24,28)/t17-/m1/s1. The summed E-state index contributed by atoms with van der Waals surface area (Å²) in [5, 5.41) is 3.32. The van der Waals surface area contributed by atoms with Crippen LogP contribution in [-0.2, 0) is 16.6 Å². The number of carbonyl (C=O) groups is 2. The largest absolute Gasteiger partial charge is 0.444 e. The Kier molecular flexibility index (Phi) is 5.79. The van der Waals surface area contributed by atoms with Gasteiger partial charge in [0.15, 0.2) is 0 Å². The zero-order valence-corrected chi connectivity index (χ0v) is 18.6. The van der Waals surface area contributed by atoms with Gasteiger partial charge in [-0.2, -0.15) is 0 Å². The molecule has 1 aromatic heterocycles. The first-order chi connectivity index (χ1) is 14.2. The molecule has 1 aliphatic heterocycles. The Morgan fingerprint density at radius 1 is 1.20 bits per heavy atom. The number of nitrogens with one attached hydrogen (secondary N) is 1. The van der Waals surface area contributed by atoms with Gasteiger partial charge >= 0.3 is 6.09 Å². The minimum Gasteiger partial charge on any atom is -0.444 e. The normalized spacial score (nSPS) is 23.0. The van der Waals surface area contributed by atoms with Crippen molar-refractivity contribution in [3.63, 3.8) is 0 Å². The first-order valence-electron chi connectivity index (χ1n) is 11.2. The van der Waals surface area contributed by atoms with Crippen LogP contribution < -0.4 is 5.32 Å². The lowest BCUT2D eigenvalue weighted by molar-refractivity contribution is -0.124. The van der Waals surface area contributed by atoms with Crippen molar-refractivity contribution in [1.29, 1.82) is 0 Å². The van der Waals surface area contributed by atoms with E-state index in [0.29, 0.717) is 44.1 Å². The molecule has 8 heteroatoms. The summed E-state index contributed by atoms with van der Waals surface area (Å²) in [6.45, 7) is 7.56. The highest BCUT2D eigenvalue weighted by atomic mass is 16.6. The first kappa shape index (κ1) is 21.2. The van der Waals surface area contributed by atoms with Gasteiger partial charge in [0.1, 0.15) is 11.4 Å². The maximum Gasteiger partial charge on any atom is 0.410 e. The summed E-state index contributed by atoms with van der Waals surface area (Å²) in [5.74, 6) is 2.30. The molecule has 2 aliphatic carbocycles. The van der Waals surface area contributed by atoms with Crippen molar-refractivity contribution in [2.45, 2.75) is 64.1 Å². The number of hydrogen-bond acceptors (Lipinski definition) is 5. The van der Waals surface area contributed by atoms with Crippen LogP contribution in [0.1, 0.15) is 58.3 Å². The fourth-order valence-corrected chi connectivity index (χ4v) is 4.39. The highest BCUT2D eigenvalue weighted by Crippen LogP contribution is 2.44. The Balaban J connectivity index is 1.43. The fraction of sp³-hybridized carbons (Fsp3) is 0.773. The van der Waals surface area contributed by atoms with Crippen LogP contribution in [0.3, 0.4) is 0 Å². The Labute approximate surface area is 178 Å². The van der Waals surface area contributed by atoms with Crippen molar-refractivity contribution in [3.8, 4) is 0 Å². The Morgan fingerprint density at radius 3 is 2.40 bits per heavy atom. The van der Waals surface area contributed by atoms with Crippen molar-refractivity contribution >= 4 is 12.0 Å². The number of aromatic nitrogens is 2. The molecule has 8 nitrogen and oxygen atoms in total. The number of carbonyl (C=O) groups excluding carboxylic acids is 2. The maximum atomic E-state index is 12.9. The molecule has 3 aliphatic rings. The monoisotopic (exact) mass is 417 g/mol. The minimum absolute atomic E-state index is 0.0868. The Hall–Kier alpha value is -2.09. The predicted molar refractivity (Wildman–Crippen MR) is 113 cm³/mol. The molecular formula is C22H35N5O3. The summed E-state index contributed by atoms with van der Waals surface area (Å²) in [4.78, 5) is 33.9. The molecule has 0 radical (unpaired) electrons. The molecule has 4 rings (SSSR count). The van der Waals surface area contributed by atoms with E-state index < -0.39 is 5.60 Å². The van der Waals surface area contributed by atoms with Crippen LogP contribution in [-0.4, -0.2) is 69.2 Å². The van der Waals surface area contributed by atoms with E-state index in [9.17, 15) is 9.59 Å². The lowest BCUT2D eigenvalue weighted by Crippen LogP contribution is -2.54. The number of hydrogen-bond donors (Lipinski definition) is 1. The molecule has 1 aromatic rings. The van der Waals surface area contributed by atoms with Crippen molar-refractivity contribution in [1.82, 2.24) is 24.7 Å². The lowest BCUT2D eigenvalue weighted by atomic mass is 10.1. The molecule has 166 valence electrons. The molecule has 30 heavy (non-hydrogen) atoms. The van der Waals surface area contributed by atoms with Gasteiger partial charge in [-0.05, 0) is 58.3 Å². The summed E-state index contributed by atoms with van der Waals surface area (Å²) in [6, 6.07) is 0.212. The number of ether oxygens (including phenoxy) is 1. The molecule has 0 aromatic carbocycles. The molecule has 2 heterocycles. The quantitative estimate of drug-likeness (QED) is 0.768. The van der Waals surface area contributed by atoms with E-state index in [1.54, 1.807) is 11.1 Å². The molecule has 0 spiro atoms. The number of nitrogens with zero attached hydrogens (tertiary/aromatic N) is 4. The number of imidazole rings is 1. The third-order valence-electron chi connectivity index (χ3n) is 6.23. The highest BCUT2D eigenvalue weighted by molar-refractivity contribution is 5.78. The van der Waals surface area contributed by atoms with Crippen LogP contribution in [0.4, 0.5) is 4.79 Å². The van der Waals surface area contributed by atoms with Crippen LogP contribution >= 0.6 is 0 Å². The Morgan fingerprint density at radius 2 is 1.87 bits per heavy atom. The zero-order chi connectivity index (χ0) is 21.5. The van der Waals surface area contributed by atoms with E-state index in [1.165, 1.54) is 25.7 Å². The second-order valence-electron chi connectivity index (χ2n) is 10.1. The van der Waals surface area contributed by atoms with E-state index in [0.717, 1.165) is 5.82 Å². The van der Waals surface area contributed by atoms with Crippen molar-refractivity contribution in [2.24, 2.45) is 18.9 Å². The highest BCUT2D eigenvalue weighted by Gasteiger charge is 2.43. The van der Waals surface area contributed by atoms with Gasteiger partial charge in [0.25, 0.3) is 0 Å². The molecule has 3 fully saturated rings. The SMILES string of the molecule is Cn1ccnc1[C@H]1CN(C(=O)OC(C)(C)C)CCN1CC(=O)NC(C1CC1)C1CC1. The van der Waals surface area contributed by atoms with Gasteiger partial charge < -0.3 is 19.5 Å². The van der Waals surface area contributed by atoms with Gasteiger partial charge in [0, 0.05) is 45.1 Å². The fourth-order valence-electron chi connectivity index (χ4n) is 4.39. The second kappa shape index (κ2) is 8.21. The topological polar surface area (TPSA) is 79.7 Å². The van der Waals surface area contributed by atoms with E-state index in [-0.39, 0.29) is 18.0 Å². The maximum absolute atomic E-state index is 12.9. The molecule has 0 bridgehead atoms. The zero-order valence-electron chi connectivity index (χ0n) is 18.6. The van der Waals surface area contributed by atoms with Crippen molar-refractivity contribution in [3.05, 3.63) is 18.2 Å². The van der Waals surface area contributed by atoms with Crippen LogP contribution in [0.2, 0.25) is 0 Å². The van der Waals surface area contributed by atoms with Crippen molar-refractivity contribution < 1.29 is 14.3 Å². The number of piperazine rings is 1. The summed E-state index contributed by atoms with van der Waals surface area (Å²) in [7, 11) is 1.95. The van der Waals surface area contributed by atoms with E-state index in [4.69, 9.17) is 4.74 Å². The molecule has 1 atom stereocenters. The third-order valence-corrected chi connectivity index (χ3v) is 6.23. The van der Waals surface area contributed by atoms with Gasteiger partial charge in [-0.1, -0.05) is 0 Å². The summed E-state index contributed by atoms with van der Waals surface area (Å²) >= 11 is 0. The molecule has 1 saturated heterocycles. The number of amides is 2. The lowest BCUT2D eigenvalue weighted by Gasteiger charge is -2.41. The van der Waals surface area contributed by atoms with Crippen LogP contribution in [0.25, 0.3) is 0 Å². The van der Waals surface area contributed by atoms with E-state index in [2.05, 4.69) is 15.2 Å². The molecule has 1 N–H and O–H groups in total. The summed E-state index contributed by atoms with van der Waals surface area (Å²) < 4.78 is 7.53. The number of rotatable bonds is 6. The molecular weight excluding hydrogens is 382 g/mol. The smallest absolute Gasteiger partial charge is 0.410 e. The van der Waals surface area contributed by atoms with Gasteiger partial charge in [-0.3, -0.25) is 9.69 Å². The van der Waals surface area contributed by atoms with Gasteiger partial charge in [-0.15, -0.1) is 0 Å². The third kappa shape index (κ3) is 5.14. The molecule has 2 amide bonds. The van der Waals surface area contributed by atoms with E-state index >= 15 is 0 Å². The number of aryl methyl sites for hydroxylation is 1. The van der Waals surface area contributed by atoms with Crippen LogP contribution in [0.5, 0.6) is 0 Å². The average molecular weight is 418 g/mol. The van der Waals surface area contributed by atoms with Crippen molar-refractivity contribution in [2.75, 3.05) is 26.2 Å². The average Bonchev–Trinajstić information content (AvgIpc) is 3.58. The van der Waals surface area contributed by atoms with E-state index in [1.807, 2.05) is 38.6 Å². The predicted octanol–water partition coefficient (Wildman–Crippen LogP) is 2.32. The minimum atomic E-state index is -0.534. The van der Waals surface area contributed by atoms with Crippen LogP contribution in [0.15, 0.2) is 12.4 Å². The van der Waals surface area contributed by atoms with Gasteiger partial charge in [0.05, 0.1) is 12.6 Å². The molecule has 2 saturated carbocycles.